The van der Waals surface area contributed by atoms with Crippen LogP contribution in [-0.4, -0.2) is 61.0 Å². The average Bonchev–Trinajstić information content (AvgIpc) is 2.54. The molecule has 0 atom stereocenters. The summed E-state index contributed by atoms with van der Waals surface area (Å²) in [5.74, 6) is 0.884. The molecule has 0 saturated carbocycles. The molecule has 1 aromatic heterocycles. The second-order valence-electron chi connectivity index (χ2n) is 7.18. The van der Waals surface area contributed by atoms with E-state index >= 15 is 0 Å². The summed E-state index contributed by atoms with van der Waals surface area (Å²) >= 11 is 0. The summed E-state index contributed by atoms with van der Waals surface area (Å²) in [5, 5.41) is 3.00. The van der Waals surface area contributed by atoms with Crippen LogP contribution in [0.15, 0.2) is 18.2 Å². The van der Waals surface area contributed by atoms with Gasteiger partial charge in [0.2, 0.25) is 5.91 Å². The third kappa shape index (κ3) is 6.97. The van der Waals surface area contributed by atoms with Gasteiger partial charge in [-0.25, -0.2) is 0 Å². The maximum atomic E-state index is 11.9. The van der Waals surface area contributed by atoms with Crippen LogP contribution in [0.5, 0.6) is 0 Å². The number of likely N-dealkylation sites (N-methyl/N-ethyl adjacent to an activating group) is 1. The van der Waals surface area contributed by atoms with Gasteiger partial charge in [0.25, 0.3) is 0 Å². The molecule has 2 rings (SSSR count). The highest BCUT2D eigenvalue weighted by molar-refractivity contribution is 5.75. The number of carbonyl (C=O) groups excluding carboxylic acids is 1. The summed E-state index contributed by atoms with van der Waals surface area (Å²) < 4.78 is 0. The molecule has 5 heteroatoms. The second-order valence-corrected chi connectivity index (χ2v) is 7.18. The number of aryl methyl sites for hydroxylation is 1. The summed E-state index contributed by atoms with van der Waals surface area (Å²) in [6.45, 7) is 6.86. The topological polar surface area (TPSA) is 48.5 Å². The molecule has 1 saturated heterocycles. The van der Waals surface area contributed by atoms with Gasteiger partial charge < -0.3 is 10.2 Å². The predicted octanol–water partition coefficient (Wildman–Crippen LogP) is 2.06. The lowest BCUT2D eigenvalue weighted by Crippen LogP contribution is -2.34. The number of amides is 1. The van der Waals surface area contributed by atoms with Crippen molar-refractivity contribution in [2.24, 2.45) is 5.92 Å². The normalized spacial score (nSPS) is 16.5. The quantitative estimate of drug-likeness (QED) is 0.792. The van der Waals surface area contributed by atoms with Crippen molar-refractivity contribution in [3.05, 3.63) is 29.6 Å². The van der Waals surface area contributed by atoms with Crippen molar-refractivity contribution in [3.8, 4) is 0 Å². The number of likely N-dealkylation sites (tertiary alicyclic amines) is 1. The fourth-order valence-corrected chi connectivity index (χ4v) is 3.19. The minimum absolute atomic E-state index is 0.197. The van der Waals surface area contributed by atoms with Crippen molar-refractivity contribution < 1.29 is 4.79 Å². The van der Waals surface area contributed by atoms with E-state index in [4.69, 9.17) is 0 Å². The highest BCUT2D eigenvalue weighted by Crippen LogP contribution is 2.22. The number of aromatic nitrogens is 1. The Hall–Kier alpha value is -1.46. The van der Waals surface area contributed by atoms with Crippen molar-refractivity contribution >= 4 is 5.91 Å². The first-order chi connectivity index (χ1) is 11.5. The number of rotatable bonds is 8. The minimum Gasteiger partial charge on any atom is -0.355 e. The van der Waals surface area contributed by atoms with Crippen LogP contribution in [0.3, 0.4) is 0 Å². The van der Waals surface area contributed by atoms with E-state index in [0.717, 1.165) is 50.5 Å². The monoisotopic (exact) mass is 332 g/mol. The van der Waals surface area contributed by atoms with Gasteiger partial charge in [-0.2, -0.15) is 0 Å². The van der Waals surface area contributed by atoms with Gasteiger partial charge in [0, 0.05) is 31.7 Å². The molecular weight excluding hydrogens is 300 g/mol. The van der Waals surface area contributed by atoms with Crippen LogP contribution in [0.1, 0.15) is 37.1 Å². The van der Waals surface area contributed by atoms with E-state index in [1.165, 1.54) is 12.8 Å². The Bertz CT molecular complexity index is 510. The zero-order valence-corrected chi connectivity index (χ0v) is 15.4. The van der Waals surface area contributed by atoms with Gasteiger partial charge in [-0.15, -0.1) is 0 Å². The Morgan fingerprint density at radius 1 is 1.33 bits per heavy atom. The van der Waals surface area contributed by atoms with Crippen molar-refractivity contribution in [2.45, 2.75) is 39.2 Å². The van der Waals surface area contributed by atoms with Crippen LogP contribution in [0.2, 0.25) is 0 Å². The van der Waals surface area contributed by atoms with E-state index in [0.29, 0.717) is 12.3 Å². The first-order valence-electron chi connectivity index (χ1n) is 9.09. The maximum absolute atomic E-state index is 11.9. The van der Waals surface area contributed by atoms with Gasteiger partial charge in [0.1, 0.15) is 0 Å². The zero-order chi connectivity index (χ0) is 17.4. The maximum Gasteiger partial charge on any atom is 0.220 e. The average molecular weight is 332 g/mol. The fraction of sp³-hybridized carbons (Fsp3) is 0.684. The number of hydrogen-bond acceptors (Lipinski definition) is 4. The molecule has 24 heavy (non-hydrogen) atoms. The molecule has 0 aromatic carbocycles. The van der Waals surface area contributed by atoms with Gasteiger partial charge in [-0.05, 0) is 71.4 Å². The van der Waals surface area contributed by atoms with Gasteiger partial charge in [-0.1, -0.05) is 6.07 Å². The van der Waals surface area contributed by atoms with E-state index < -0.39 is 0 Å². The lowest BCUT2D eigenvalue weighted by molar-refractivity contribution is -0.121. The molecule has 0 aliphatic carbocycles. The smallest absolute Gasteiger partial charge is 0.220 e. The number of nitrogens with one attached hydrogen (secondary N) is 1. The standard InChI is InChI=1S/C19H32N4O/c1-16-5-4-6-18(21-16)15-23-12-9-17(10-13-23)7-8-19(24)20-11-14-22(2)3/h4-6,17H,7-15H2,1-3H3,(H,20,24). The van der Waals surface area contributed by atoms with Crippen LogP contribution in [0.4, 0.5) is 0 Å². The molecule has 1 N–H and O–H groups in total. The van der Waals surface area contributed by atoms with Crippen molar-refractivity contribution in [1.82, 2.24) is 20.1 Å². The van der Waals surface area contributed by atoms with Crippen molar-refractivity contribution in [3.63, 3.8) is 0 Å². The molecule has 1 aromatic rings. The summed E-state index contributed by atoms with van der Waals surface area (Å²) in [5.41, 5.74) is 2.25. The Balaban J connectivity index is 1.61. The molecule has 1 fully saturated rings. The van der Waals surface area contributed by atoms with Crippen LogP contribution >= 0.6 is 0 Å². The van der Waals surface area contributed by atoms with Crippen LogP contribution in [-0.2, 0) is 11.3 Å². The molecule has 1 aliphatic heterocycles. The molecule has 1 aliphatic rings. The highest BCUT2D eigenvalue weighted by atomic mass is 16.1. The van der Waals surface area contributed by atoms with E-state index in [-0.39, 0.29) is 5.91 Å². The number of piperidine rings is 1. The van der Waals surface area contributed by atoms with Crippen LogP contribution in [0, 0.1) is 12.8 Å². The lowest BCUT2D eigenvalue weighted by Gasteiger charge is -2.31. The van der Waals surface area contributed by atoms with Gasteiger partial charge in [-0.3, -0.25) is 14.7 Å². The van der Waals surface area contributed by atoms with E-state index in [1.807, 2.05) is 27.1 Å². The van der Waals surface area contributed by atoms with E-state index in [2.05, 4.69) is 32.2 Å². The van der Waals surface area contributed by atoms with Gasteiger partial charge >= 0.3 is 0 Å². The summed E-state index contributed by atoms with van der Waals surface area (Å²) in [6.07, 6.45) is 4.06. The number of nitrogens with zero attached hydrogens (tertiary/aromatic N) is 3. The molecule has 2 heterocycles. The number of carbonyl (C=O) groups is 1. The Labute approximate surface area is 146 Å². The van der Waals surface area contributed by atoms with Gasteiger partial charge in [0.15, 0.2) is 0 Å². The molecule has 0 spiro atoms. The number of pyridine rings is 1. The summed E-state index contributed by atoms with van der Waals surface area (Å²) in [6, 6.07) is 6.23. The first-order valence-corrected chi connectivity index (χ1v) is 9.09. The van der Waals surface area contributed by atoms with Crippen molar-refractivity contribution in [2.75, 3.05) is 40.3 Å². The molecule has 0 radical (unpaired) electrons. The Morgan fingerprint density at radius 3 is 2.75 bits per heavy atom. The summed E-state index contributed by atoms with van der Waals surface area (Å²) in [4.78, 5) is 21.0. The van der Waals surface area contributed by atoms with E-state index in [9.17, 15) is 4.79 Å². The predicted molar refractivity (Wildman–Crippen MR) is 97.8 cm³/mol. The third-order valence-corrected chi connectivity index (χ3v) is 4.70. The number of hydrogen-bond donors (Lipinski definition) is 1. The summed E-state index contributed by atoms with van der Waals surface area (Å²) in [7, 11) is 4.04. The Morgan fingerprint density at radius 2 is 2.08 bits per heavy atom. The molecular formula is C19H32N4O. The van der Waals surface area contributed by atoms with Crippen molar-refractivity contribution in [1.29, 1.82) is 0 Å². The van der Waals surface area contributed by atoms with Gasteiger partial charge in [0.05, 0.1) is 5.69 Å². The van der Waals surface area contributed by atoms with Crippen LogP contribution in [0.25, 0.3) is 0 Å². The molecule has 0 unspecified atom stereocenters. The molecule has 134 valence electrons. The molecule has 0 bridgehead atoms. The minimum atomic E-state index is 0.197. The van der Waals surface area contributed by atoms with E-state index in [1.54, 1.807) is 0 Å². The highest BCUT2D eigenvalue weighted by Gasteiger charge is 2.20. The molecule has 1 amide bonds. The fourth-order valence-electron chi connectivity index (χ4n) is 3.19. The second kappa shape index (κ2) is 9.74. The SMILES string of the molecule is Cc1cccc(CN2CCC(CCC(=O)NCCN(C)C)CC2)n1. The van der Waals surface area contributed by atoms with Crippen LogP contribution < -0.4 is 5.32 Å². The largest absolute Gasteiger partial charge is 0.355 e. The third-order valence-electron chi connectivity index (χ3n) is 4.70. The molecule has 5 nitrogen and oxygen atoms in total. The first kappa shape index (κ1) is 18.9. The zero-order valence-electron chi connectivity index (χ0n) is 15.4. The Kier molecular flexibility index (Phi) is 7.66. The lowest BCUT2D eigenvalue weighted by atomic mass is 9.92.